The van der Waals surface area contributed by atoms with Crippen LogP contribution in [0.2, 0.25) is 0 Å². The lowest BCUT2D eigenvalue weighted by molar-refractivity contribution is 0.368. The smallest absolute Gasteiger partial charge is 0.0440 e. The first-order chi connectivity index (χ1) is 8.22. The lowest BCUT2D eigenvalue weighted by atomic mass is 10.0. The highest BCUT2D eigenvalue weighted by Gasteiger charge is 2.29. The van der Waals surface area contributed by atoms with Crippen LogP contribution >= 0.6 is 23.1 Å². The summed E-state index contributed by atoms with van der Waals surface area (Å²) >= 11 is 3.91. The fourth-order valence-electron chi connectivity index (χ4n) is 2.70. The molecular weight excluding hydrogens is 246 g/mol. The van der Waals surface area contributed by atoms with E-state index in [-0.39, 0.29) is 0 Å². The van der Waals surface area contributed by atoms with Crippen molar-refractivity contribution in [2.24, 2.45) is 5.92 Å². The highest BCUT2D eigenvalue weighted by Crippen LogP contribution is 2.33. The Morgan fingerprint density at radius 1 is 1.41 bits per heavy atom. The van der Waals surface area contributed by atoms with Gasteiger partial charge in [0.2, 0.25) is 0 Å². The lowest BCUT2D eigenvalue weighted by Gasteiger charge is -2.28. The van der Waals surface area contributed by atoms with E-state index in [4.69, 9.17) is 0 Å². The second-order valence-electron chi connectivity index (χ2n) is 5.22. The molecule has 3 unspecified atom stereocenters. The number of nitrogens with one attached hydrogen (secondary N) is 1. The molecule has 3 heteroatoms. The maximum atomic E-state index is 3.91. The van der Waals surface area contributed by atoms with Crippen molar-refractivity contribution in [1.82, 2.24) is 5.32 Å². The summed E-state index contributed by atoms with van der Waals surface area (Å²) in [5, 5.41) is 6.91. The average Bonchev–Trinajstić information content (AvgIpc) is 2.96. The van der Waals surface area contributed by atoms with Crippen molar-refractivity contribution in [2.45, 2.75) is 50.4 Å². The Labute approximate surface area is 113 Å². The van der Waals surface area contributed by atoms with Crippen LogP contribution in [0.15, 0.2) is 17.5 Å². The molecule has 0 aliphatic heterocycles. The highest BCUT2D eigenvalue weighted by atomic mass is 32.2. The topological polar surface area (TPSA) is 12.0 Å². The molecule has 1 nitrogen and oxygen atoms in total. The first kappa shape index (κ1) is 13.4. The summed E-state index contributed by atoms with van der Waals surface area (Å²) in [4.78, 5) is 1.49. The Bertz CT molecular complexity index is 321. The molecule has 1 heterocycles. The van der Waals surface area contributed by atoms with Crippen molar-refractivity contribution < 1.29 is 0 Å². The second-order valence-corrected chi connectivity index (χ2v) is 7.27. The standard InChI is InChI=1S/C14H23NS2/c1-10(2)14(13-8-5-9-17-13)15-11-6-4-7-12(11)16-3/h5,8-12,14-15H,4,6-7H2,1-3H3. The molecule has 2 rings (SSSR count). The first-order valence-corrected chi connectivity index (χ1v) is 8.71. The van der Waals surface area contributed by atoms with Crippen LogP contribution in [0.3, 0.4) is 0 Å². The van der Waals surface area contributed by atoms with Gasteiger partial charge in [0.05, 0.1) is 0 Å². The molecule has 1 aliphatic rings. The summed E-state index contributed by atoms with van der Waals surface area (Å²) in [7, 11) is 0. The molecule has 3 atom stereocenters. The zero-order chi connectivity index (χ0) is 12.3. The van der Waals surface area contributed by atoms with Crippen molar-refractivity contribution in [3.8, 4) is 0 Å². The van der Waals surface area contributed by atoms with Crippen LogP contribution in [0.25, 0.3) is 0 Å². The molecule has 1 saturated carbocycles. The molecule has 1 N–H and O–H groups in total. The van der Waals surface area contributed by atoms with Crippen LogP contribution < -0.4 is 5.32 Å². The van der Waals surface area contributed by atoms with E-state index in [0.29, 0.717) is 18.0 Å². The van der Waals surface area contributed by atoms with Gasteiger partial charge in [-0.25, -0.2) is 0 Å². The van der Waals surface area contributed by atoms with Crippen LogP contribution in [0.1, 0.15) is 44.0 Å². The maximum absolute atomic E-state index is 3.91. The van der Waals surface area contributed by atoms with Crippen molar-refractivity contribution >= 4 is 23.1 Å². The van der Waals surface area contributed by atoms with Crippen LogP contribution in [0.4, 0.5) is 0 Å². The summed E-state index contributed by atoms with van der Waals surface area (Å²) in [6.45, 7) is 4.64. The first-order valence-electron chi connectivity index (χ1n) is 6.54. The Morgan fingerprint density at radius 3 is 2.82 bits per heavy atom. The third-order valence-electron chi connectivity index (χ3n) is 3.67. The molecule has 1 aromatic heterocycles. The van der Waals surface area contributed by atoms with Crippen molar-refractivity contribution in [3.05, 3.63) is 22.4 Å². The van der Waals surface area contributed by atoms with Crippen molar-refractivity contribution in [2.75, 3.05) is 6.26 Å². The minimum Gasteiger partial charge on any atom is -0.305 e. The average molecular weight is 269 g/mol. The number of hydrogen-bond acceptors (Lipinski definition) is 3. The fraction of sp³-hybridized carbons (Fsp3) is 0.714. The minimum absolute atomic E-state index is 0.535. The third-order valence-corrected chi connectivity index (χ3v) is 5.79. The predicted octanol–water partition coefficient (Wildman–Crippen LogP) is 4.32. The molecular formula is C14H23NS2. The zero-order valence-corrected chi connectivity index (χ0v) is 12.6. The number of rotatable bonds is 5. The van der Waals surface area contributed by atoms with E-state index in [1.807, 2.05) is 23.1 Å². The van der Waals surface area contributed by atoms with Gasteiger partial charge >= 0.3 is 0 Å². The molecule has 0 spiro atoms. The zero-order valence-electron chi connectivity index (χ0n) is 11.0. The number of hydrogen-bond donors (Lipinski definition) is 1. The van der Waals surface area contributed by atoms with Gasteiger partial charge in [-0.3, -0.25) is 0 Å². The van der Waals surface area contributed by atoms with Gasteiger partial charge in [0, 0.05) is 22.2 Å². The quantitative estimate of drug-likeness (QED) is 0.854. The molecule has 0 bridgehead atoms. The molecule has 0 amide bonds. The minimum atomic E-state index is 0.535. The van der Waals surface area contributed by atoms with Crippen LogP contribution in [-0.4, -0.2) is 17.5 Å². The molecule has 1 aliphatic carbocycles. The Morgan fingerprint density at radius 2 is 2.24 bits per heavy atom. The summed E-state index contributed by atoms with van der Waals surface area (Å²) in [6, 6.07) is 5.68. The van der Waals surface area contributed by atoms with Gasteiger partial charge < -0.3 is 5.32 Å². The van der Waals surface area contributed by atoms with E-state index in [1.165, 1.54) is 24.1 Å². The summed E-state index contributed by atoms with van der Waals surface area (Å²) in [5.41, 5.74) is 0. The van der Waals surface area contributed by atoms with Gasteiger partial charge in [0.25, 0.3) is 0 Å². The van der Waals surface area contributed by atoms with Gasteiger partial charge in [0.1, 0.15) is 0 Å². The molecule has 1 aromatic rings. The molecule has 0 radical (unpaired) electrons. The fourth-order valence-corrected chi connectivity index (χ4v) is 4.60. The predicted molar refractivity (Wildman–Crippen MR) is 80.0 cm³/mol. The van der Waals surface area contributed by atoms with Crippen molar-refractivity contribution in [3.63, 3.8) is 0 Å². The SMILES string of the molecule is CSC1CCCC1NC(c1cccs1)C(C)C. The highest BCUT2D eigenvalue weighted by molar-refractivity contribution is 7.99. The van der Waals surface area contributed by atoms with Crippen LogP contribution in [0.5, 0.6) is 0 Å². The van der Waals surface area contributed by atoms with E-state index in [0.717, 1.165) is 5.25 Å². The number of thiophene rings is 1. The van der Waals surface area contributed by atoms with Gasteiger partial charge in [-0.2, -0.15) is 11.8 Å². The molecule has 0 aromatic carbocycles. The summed E-state index contributed by atoms with van der Waals surface area (Å²) in [6.07, 6.45) is 6.37. The van der Waals surface area contributed by atoms with Gasteiger partial charge in [-0.15, -0.1) is 11.3 Å². The molecule has 0 saturated heterocycles. The van der Waals surface area contributed by atoms with E-state index in [9.17, 15) is 0 Å². The lowest BCUT2D eigenvalue weighted by Crippen LogP contribution is -2.38. The Balaban J connectivity index is 2.03. The second kappa shape index (κ2) is 6.26. The maximum Gasteiger partial charge on any atom is 0.0440 e. The van der Waals surface area contributed by atoms with Gasteiger partial charge in [-0.05, 0) is 36.5 Å². The Hall–Kier alpha value is 0.01000. The number of thioether (sulfide) groups is 1. The van der Waals surface area contributed by atoms with Crippen LogP contribution in [-0.2, 0) is 0 Å². The normalized spacial score (nSPS) is 26.6. The third kappa shape index (κ3) is 3.27. The largest absolute Gasteiger partial charge is 0.305 e. The van der Waals surface area contributed by atoms with E-state index < -0.39 is 0 Å². The van der Waals surface area contributed by atoms with E-state index in [2.05, 4.69) is 42.9 Å². The van der Waals surface area contributed by atoms with Crippen LogP contribution in [0, 0.1) is 5.92 Å². The van der Waals surface area contributed by atoms with E-state index >= 15 is 0 Å². The molecule has 17 heavy (non-hydrogen) atoms. The Kier molecular flexibility index (Phi) is 4.95. The monoisotopic (exact) mass is 269 g/mol. The van der Waals surface area contributed by atoms with Crippen molar-refractivity contribution in [1.29, 1.82) is 0 Å². The van der Waals surface area contributed by atoms with E-state index in [1.54, 1.807) is 0 Å². The summed E-state index contributed by atoms with van der Waals surface area (Å²) < 4.78 is 0. The summed E-state index contributed by atoms with van der Waals surface area (Å²) in [5.74, 6) is 0.664. The van der Waals surface area contributed by atoms with Gasteiger partial charge in [-0.1, -0.05) is 26.3 Å². The molecule has 96 valence electrons. The van der Waals surface area contributed by atoms with Gasteiger partial charge in [0.15, 0.2) is 0 Å². The molecule has 1 fully saturated rings.